The van der Waals surface area contributed by atoms with E-state index in [0.717, 1.165) is 12.1 Å². The standard InChI is InChI=1S/C19H15F3N4O4/c1-10-8-12(6-7-15-16(26(29)30)17(27)24-18(28)23-15)11(2)25(10)14-5-3-4-13(9-14)19(20,21)22/h3-9H,1-2H3,(H2,23,24,27,28)/b7-6+. The molecule has 0 spiro atoms. The number of alkyl halides is 3. The smallest absolute Gasteiger partial charge is 0.318 e. The van der Waals surface area contributed by atoms with Crippen LogP contribution in [0.5, 0.6) is 0 Å². The van der Waals surface area contributed by atoms with Crippen molar-refractivity contribution in [3.05, 3.63) is 89.5 Å². The summed E-state index contributed by atoms with van der Waals surface area (Å²) in [6, 6.07) is 6.50. The third-order valence-electron chi connectivity index (χ3n) is 4.46. The summed E-state index contributed by atoms with van der Waals surface area (Å²) in [7, 11) is 0. The Balaban J connectivity index is 2.08. The minimum atomic E-state index is -4.49. The van der Waals surface area contributed by atoms with E-state index in [1.807, 2.05) is 0 Å². The van der Waals surface area contributed by atoms with Crippen LogP contribution < -0.4 is 11.2 Å². The van der Waals surface area contributed by atoms with Gasteiger partial charge in [-0.15, -0.1) is 0 Å². The maximum atomic E-state index is 13.0. The van der Waals surface area contributed by atoms with Crippen molar-refractivity contribution in [1.82, 2.24) is 14.5 Å². The number of halogens is 3. The first-order valence-electron chi connectivity index (χ1n) is 8.54. The molecule has 30 heavy (non-hydrogen) atoms. The molecule has 3 aromatic rings. The van der Waals surface area contributed by atoms with Gasteiger partial charge in [0.25, 0.3) is 0 Å². The number of aromatic amines is 2. The molecule has 2 heterocycles. The quantitative estimate of drug-likeness (QED) is 0.496. The van der Waals surface area contributed by atoms with Crippen LogP contribution in [0.15, 0.2) is 39.9 Å². The van der Waals surface area contributed by atoms with Crippen molar-refractivity contribution in [3.8, 4) is 5.69 Å². The Morgan fingerprint density at radius 1 is 1.10 bits per heavy atom. The fraction of sp³-hybridized carbons (Fsp3) is 0.158. The predicted molar refractivity (Wildman–Crippen MR) is 104 cm³/mol. The number of H-pyrrole nitrogens is 2. The zero-order chi connectivity index (χ0) is 22.2. The zero-order valence-corrected chi connectivity index (χ0v) is 15.7. The molecule has 0 aliphatic rings. The third-order valence-corrected chi connectivity index (χ3v) is 4.46. The Hall–Kier alpha value is -3.89. The molecule has 156 valence electrons. The first kappa shape index (κ1) is 20.8. The highest BCUT2D eigenvalue weighted by molar-refractivity contribution is 5.73. The molecule has 2 aromatic heterocycles. The summed E-state index contributed by atoms with van der Waals surface area (Å²) >= 11 is 0. The SMILES string of the molecule is Cc1cc(/C=C/c2[nH]c(=O)[nH]c(=O)c2[N+](=O)[O-])c(C)n1-c1cccc(C(F)(F)F)c1. The lowest BCUT2D eigenvalue weighted by atomic mass is 10.2. The van der Waals surface area contributed by atoms with Gasteiger partial charge in [0.05, 0.1) is 10.5 Å². The fourth-order valence-electron chi connectivity index (χ4n) is 3.15. The minimum Gasteiger partial charge on any atom is -0.318 e. The van der Waals surface area contributed by atoms with Crippen LogP contribution in [-0.2, 0) is 6.18 Å². The average molecular weight is 420 g/mol. The topological polar surface area (TPSA) is 114 Å². The lowest BCUT2D eigenvalue weighted by Crippen LogP contribution is -2.25. The van der Waals surface area contributed by atoms with Crippen molar-refractivity contribution in [3.63, 3.8) is 0 Å². The Labute approximate surface area is 166 Å². The van der Waals surface area contributed by atoms with Crippen molar-refractivity contribution in [1.29, 1.82) is 0 Å². The number of hydrogen-bond acceptors (Lipinski definition) is 4. The molecular weight excluding hydrogens is 405 g/mol. The van der Waals surface area contributed by atoms with Gasteiger partial charge in [-0.2, -0.15) is 13.2 Å². The van der Waals surface area contributed by atoms with E-state index >= 15 is 0 Å². The largest absolute Gasteiger partial charge is 0.416 e. The van der Waals surface area contributed by atoms with Crippen molar-refractivity contribution >= 4 is 17.8 Å². The number of nitro groups is 1. The monoisotopic (exact) mass is 420 g/mol. The van der Waals surface area contributed by atoms with Gasteiger partial charge in [-0.3, -0.25) is 19.9 Å². The first-order chi connectivity index (χ1) is 14.0. The van der Waals surface area contributed by atoms with E-state index in [-0.39, 0.29) is 5.69 Å². The van der Waals surface area contributed by atoms with Gasteiger partial charge in [0.1, 0.15) is 5.69 Å². The van der Waals surface area contributed by atoms with Crippen LogP contribution in [0.2, 0.25) is 0 Å². The first-order valence-corrected chi connectivity index (χ1v) is 8.54. The molecule has 0 saturated carbocycles. The fourth-order valence-corrected chi connectivity index (χ4v) is 3.15. The average Bonchev–Trinajstić information content (AvgIpc) is 2.92. The Bertz CT molecular complexity index is 1280. The highest BCUT2D eigenvalue weighted by atomic mass is 19.4. The van der Waals surface area contributed by atoms with Gasteiger partial charge in [-0.05, 0) is 49.8 Å². The molecule has 8 nitrogen and oxygen atoms in total. The summed E-state index contributed by atoms with van der Waals surface area (Å²) < 4.78 is 40.7. The molecule has 0 aliphatic carbocycles. The summed E-state index contributed by atoms with van der Waals surface area (Å²) in [6.45, 7) is 3.37. The number of nitrogens with zero attached hydrogens (tertiary/aromatic N) is 2. The molecule has 2 N–H and O–H groups in total. The van der Waals surface area contributed by atoms with Gasteiger partial charge in [0.15, 0.2) is 0 Å². The van der Waals surface area contributed by atoms with Crippen LogP contribution in [0.25, 0.3) is 17.8 Å². The number of rotatable bonds is 4. The molecule has 0 bridgehead atoms. The van der Waals surface area contributed by atoms with E-state index in [4.69, 9.17) is 0 Å². The van der Waals surface area contributed by atoms with Gasteiger partial charge in [0.2, 0.25) is 0 Å². The van der Waals surface area contributed by atoms with Crippen molar-refractivity contribution in [2.75, 3.05) is 0 Å². The minimum absolute atomic E-state index is 0.294. The summed E-state index contributed by atoms with van der Waals surface area (Å²) in [6.07, 6.45) is -1.85. The highest BCUT2D eigenvalue weighted by Crippen LogP contribution is 2.31. The summed E-state index contributed by atoms with van der Waals surface area (Å²) in [5.41, 5.74) is -1.91. The van der Waals surface area contributed by atoms with Crippen molar-refractivity contribution in [2.24, 2.45) is 0 Å². The van der Waals surface area contributed by atoms with Gasteiger partial charge >= 0.3 is 23.1 Å². The van der Waals surface area contributed by atoms with Crippen LogP contribution in [-0.4, -0.2) is 19.5 Å². The maximum absolute atomic E-state index is 13.0. The van der Waals surface area contributed by atoms with E-state index in [0.29, 0.717) is 22.6 Å². The molecule has 11 heteroatoms. The molecule has 0 fully saturated rings. The third kappa shape index (κ3) is 3.95. The Kier molecular flexibility index (Phi) is 5.21. The normalized spacial score (nSPS) is 11.9. The molecular formula is C19H15F3N4O4. The van der Waals surface area contributed by atoms with Crippen LogP contribution in [0, 0.1) is 24.0 Å². The number of aromatic nitrogens is 3. The van der Waals surface area contributed by atoms with Gasteiger partial charge in [-0.25, -0.2) is 4.79 Å². The molecule has 0 radical (unpaired) electrons. The maximum Gasteiger partial charge on any atom is 0.416 e. The zero-order valence-electron chi connectivity index (χ0n) is 15.7. The second kappa shape index (κ2) is 7.50. The second-order valence-electron chi connectivity index (χ2n) is 6.47. The summed E-state index contributed by atoms with van der Waals surface area (Å²) in [5, 5.41) is 11.1. The lowest BCUT2D eigenvalue weighted by Gasteiger charge is -2.13. The summed E-state index contributed by atoms with van der Waals surface area (Å²) in [4.78, 5) is 37.3. The number of hydrogen-bond donors (Lipinski definition) is 2. The van der Waals surface area contributed by atoms with E-state index in [9.17, 15) is 32.9 Å². The van der Waals surface area contributed by atoms with Crippen molar-refractivity contribution < 1.29 is 18.1 Å². The van der Waals surface area contributed by atoms with Crippen molar-refractivity contribution in [2.45, 2.75) is 20.0 Å². The molecule has 0 atom stereocenters. The predicted octanol–water partition coefficient (Wildman–Crippen LogP) is 3.57. The number of aryl methyl sites for hydroxylation is 1. The lowest BCUT2D eigenvalue weighted by molar-refractivity contribution is -0.386. The van der Waals surface area contributed by atoms with Crippen LogP contribution >= 0.6 is 0 Å². The molecule has 0 amide bonds. The molecule has 0 unspecified atom stereocenters. The highest BCUT2D eigenvalue weighted by Gasteiger charge is 2.30. The molecule has 1 aromatic carbocycles. The van der Waals surface area contributed by atoms with Gasteiger partial charge in [0, 0.05) is 17.1 Å². The number of nitrogens with one attached hydrogen (secondary N) is 2. The molecule has 0 saturated heterocycles. The molecule has 0 aliphatic heterocycles. The van der Waals surface area contributed by atoms with E-state index in [1.165, 1.54) is 24.3 Å². The Morgan fingerprint density at radius 2 is 1.80 bits per heavy atom. The number of benzene rings is 1. The summed E-state index contributed by atoms with van der Waals surface area (Å²) in [5.74, 6) is 0. The Morgan fingerprint density at radius 3 is 2.43 bits per heavy atom. The van der Waals surface area contributed by atoms with E-state index in [2.05, 4.69) is 4.98 Å². The van der Waals surface area contributed by atoms with Gasteiger partial charge in [-0.1, -0.05) is 12.1 Å². The van der Waals surface area contributed by atoms with E-state index in [1.54, 1.807) is 29.5 Å². The van der Waals surface area contributed by atoms with Gasteiger partial charge < -0.3 is 9.55 Å². The van der Waals surface area contributed by atoms with E-state index < -0.39 is 33.6 Å². The van der Waals surface area contributed by atoms with Crippen LogP contribution in [0.3, 0.4) is 0 Å². The van der Waals surface area contributed by atoms with Crippen LogP contribution in [0.4, 0.5) is 18.9 Å². The molecule has 3 rings (SSSR count). The second-order valence-corrected chi connectivity index (χ2v) is 6.47. The van der Waals surface area contributed by atoms with Crippen LogP contribution in [0.1, 0.15) is 28.2 Å².